The Labute approximate surface area is 105 Å². The van der Waals surface area contributed by atoms with Crippen LogP contribution >= 0.6 is 0 Å². The molecule has 6 heteroatoms. The summed E-state index contributed by atoms with van der Waals surface area (Å²) in [5.74, 6) is -3.10. The molecule has 0 aromatic carbocycles. The molecule has 100 valence electrons. The fourth-order valence-electron chi connectivity index (χ4n) is 3.15. The zero-order valence-corrected chi connectivity index (χ0v) is 10.8. The van der Waals surface area contributed by atoms with Crippen molar-refractivity contribution in [1.82, 2.24) is 0 Å². The van der Waals surface area contributed by atoms with Crippen molar-refractivity contribution in [2.75, 3.05) is 14.2 Å². The molecular formula is C12H16O6. The number of carbonyl (C=O) groups excluding carboxylic acids is 3. The third-order valence-electron chi connectivity index (χ3n) is 4.01. The number of Topliss-reactive ketones (excluding diaryl/α,β-unsaturated/α-hetero) is 1. The number of hydrogen-bond donors (Lipinski definition) is 0. The molecule has 2 rings (SSSR count). The fourth-order valence-corrected chi connectivity index (χ4v) is 3.15. The summed E-state index contributed by atoms with van der Waals surface area (Å²) < 4.78 is 15.1. The molecule has 0 N–H and O–H groups in total. The van der Waals surface area contributed by atoms with Crippen LogP contribution in [0.3, 0.4) is 0 Å². The maximum absolute atomic E-state index is 12.0. The van der Waals surface area contributed by atoms with Gasteiger partial charge in [0.1, 0.15) is 17.4 Å². The number of rotatable bonds is 2. The standard InChI is InChI=1S/C12H16O6/c1-11-5-6(13)12(2,18-11)8(10(15)17-4)7(11)9(14)16-3/h7-8H,5H2,1-4H3. The van der Waals surface area contributed by atoms with Crippen LogP contribution in [0, 0.1) is 11.8 Å². The number of ketones is 1. The van der Waals surface area contributed by atoms with Crippen molar-refractivity contribution < 1.29 is 28.6 Å². The second-order valence-electron chi connectivity index (χ2n) is 5.12. The molecular weight excluding hydrogens is 240 g/mol. The van der Waals surface area contributed by atoms with Crippen LogP contribution in [0.1, 0.15) is 20.3 Å². The van der Waals surface area contributed by atoms with Crippen LogP contribution in [0.2, 0.25) is 0 Å². The average molecular weight is 256 g/mol. The molecule has 0 saturated carbocycles. The van der Waals surface area contributed by atoms with Gasteiger partial charge < -0.3 is 14.2 Å². The highest BCUT2D eigenvalue weighted by atomic mass is 16.6. The van der Waals surface area contributed by atoms with Gasteiger partial charge in [-0.25, -0.2) is 0 Å². The maximum Gasteiger partial charge on any atom is 0.313 e. The van der Waals surface area contributed by atoms with Crippen molar-refractivity contribution in [3.63, 3.8) is 0 Å². The summed E-state index contributed by atoms with van der Waals surface area (Å²) >= 11 is 0. The van der Waals surface area contributed by atoms with Gasteiger partial charge in [-0.15, -0.1) is 0 Å². The summed E-state index contributed by atoms with van der Waals surface area (Å²) in [4.78, 5) is 35.7. The van der Waals surface area contributed by atoms with Gasteiger partial charge in [-0.1, -0.05) is 0 Å². The summed E-state index contributed by atoms with van der Waals surface area (Å²) in [6.07, 6.45) is 0.108. The minimum absolute atomic E-state index is 0.108. The number of hydrogen-bond acceptors (Lipinski definition) is 6. The zero-order valence-electron chi connectivity index (χ0n) is 10.8. The molecule has 18 heavy (non-hydrogen) atoms. The smallest absolute Gasteiger partial charge is 0.313 e. The molecule has 2 saturated heterocycles. The Hall–Kier alpha value is -1.43. The van der Waals surface area contributed by atoms with Gasteiger partial charge in [0.15, 0.2) is 5.78 Å². The van der Waals surface area contributed by atoms with Gasteiger partial charge in [-0.2, -0.15) is 0 Å². The quantitative estimate of drug-likeness (QED) is 0.651. The highest BCUT2D eigenvalue weighted by molar-refractivity contribution is 6.00. The molecule has 0 spiro atoms. The molecule has 6 nitrogen and oxygen atoms in total. The van der Waals surface area contributed by atoms with Crippen molar-refractivity contribution in [2.45, 2.75) is 31.5 Å². The molecule has 2 fully saturated rings. The Morgan fingerprint density at radius 3 is 2.17 bits per heavy atom. The SMILES string of the molecule is COC(=O)C1C(C(=O)OC)C2(C)OC1(C)CC2=O. The number of esters is 2. The van der Waals surface area contributed by atoms with Crippen molar-refractivity contribution in [1.29, 1.82) is 0 Å². The number of fused-ring (bicyclic) bond motifs is 2. The Bertz CT molecular complexity index is 430. The predicted molar refractivity (Wildman–Crippen MR) is 58.5 cm³/mol. The third-order valence-corrected chi connectivity index (χ3v) is 4.01. The number of methoxy groups -OCH3 is 2. The Kier molecular flexibility index (Phi) is 2.73. The molecule has 2 heterocycles. The Morgan fingerprint density at radius 1 is 1.17 bits per heavy atom. The lowest BCUT2D eigenvalue weighted by Crippen LogP contribution is -2.51. The summed E-state index contributed by atoms with van der Waals surface area (Å²) in [7, 11) is 2.47. The second kappa shape index (κ2) is 3.78. The van der Waals surface area contributed by atoms with Gasteiger partial charge in [-0.05, 0) is 13.8 Å². The summed E-state index contributed by atoms with van der Waals surface area (Å²) in [6.45, 7) is 3.19. The second-order valence-corrected chi connectivity index (χ2v) is 5.12. The van der Waals surface area contributed by atoms with Crippen LogP contribution in [0.4, 0.5) is 0 Å². The van der Waals surface area contributed by atoms with E-state index in [1.807, 2.05) is 0 Å². The molecule has 2 aliphatic heterocycles. The number of carbonyl (C=O) groups is 3. The van der Waals surface area contributed by atoms with E-state index in [2.05, 4.69) is 0 Å². The van der Waals surface area contributed by atoms with Crippen LogP contribution in [-0.4, -0.2) is 43.1 Å². The zero-order chi connectivity index (χ0) is 13.7. The van der Waals surface area contributed by atoms with E-state index < -0.39 is 35.0 Å². The molecule has 0 aliphatic carbocycles. The van der Waals surface area contributed by atoms with E-state index in [0.29, 0.717) is 0 Å². The summed E-state index contributed by atoms with van der Waals surface area (Å²) in [5.41, 5.74) is -2.28. The minimum atomic E-state index is -1.29. The highest BCUT2D eigenvalue weighted by Gasteiger charge is 2.72. The first kappa shape index (κ1) is 13.0. The minimum Gasteiger partial charge on any atom is -0.469 e. The third kappa shape index (κ3) is 1.41. The lowest BCUT2D eigenvalue weighted by Gasteiger charge is -2.31. The molecule has 4 unspecified atom stereocenters. The predicted octanol–water partition coefficient (Wildman–Crippen LogP) is 0.0852. The van der Waals surface area contributed by atoms with Gasteiger partial charge >= 0.3 is 11.9 Å². The van der Waals surface area contributed by atoms with Gasteiger partial charge in [0.05, 0.1) is 19.8 Å². The normalized spacial score (nSPS) is 41.9. The van der Waals surface area contributed by atoms with E-state index in [4.69, 9.17) is 14.2 Å². The van der Waals surface area contributed by atoms with Gasteiger partial charge in [0.2, 0.25) is 0 Å². The van der Waals surface area contributed by atoms with E-state index >= 15 is 0 Å². The van der Waals surface area contributed by atoms with Gasteiger partial charge in [0, 0.05) is 6.42 Å². The van der Waals surface area contributed by atoms with E-state index in [-0.39, 0.29) is 12.2 Å². The summed E-state index contributed by atoms with van der Waals surface area (Å²) in [6, 6.07) is 0. The molecule has 0 aromatic heterocycles. The van der Waals surface area contributed by atoms with Crippen molar-refractivity contribution in [3.05, 3.63) is 0 Å². The fraction of sp³-hybridized carbons (Fsp3) is 0.750. The van der Waals surface area contributed by atoms with E-state index in [0.717, 1.165) is 0 Å². The summed E-state index contributed by atoms with van der Waals surface area (Å²) in [5, 5.41) is 0. The molecule has 4 atom stereocenters. The van der Waals surface area contributed by atoms with Crippen LogP contribution in [-0.2, 0) is 28.6 Å². The first-order valence-corrected chi connectivity index (χ1v) is 5.69. The van der Waals surface area contributed by atoms with E-state index in [9.17, 15) is 14.4 Å². The van der Waals surface area contributed by atoms with Crippen molar-refractivity contribution in [3.8, 4) is 0 Å². The number of ether oxygens (including phenoxy) is 3. The molecule has 0 aromatic rings. The van der Waals surface area contributed by atoms with E-state index in [1.54, 1.807) is 6.92 Å². The molecule has 2 bridgehead atoms. The highest BCUT2D eigenvalue weighted by Crippen LogP contribution is 2.56. The van der Waals surface area contributed by atoms with E-state index in [1.165, 1.54) is 21.1 Å². The van der Waals surface area contributed by atoms with Crippen LogP contribution < -0.4 is 0 Å². The van der Waals surface area contributed by atoms with Gasteiger partial charge in [-0.3, -0.25) is 14.4 Å². The van der Waals surface area contributed by atoms with Crippen molar-refractivity contribution >= 4 is 17.7 Å². The largest absolute Gasteiger partial charge is 0.469 e. The molecule has 0 amide bonds. The first-order valence-electron chi connectivity index (χ1n) is 5.69. The first-order chi connectivity index (χ1) is 8.30. The lowest BCUT2D eigenvalue weighted by atomic mass is 9.67. The molecule has 2 aliphatic rings. The van der Waals surface area contributed by atoms with Crippen LogP contribution in [0.25, 0.3) is 0 Å². The lowest BCUT2D eigenvalue weighted by molar-refractivity contribution is -0.162. The Balaban J connectivity index is 2.49. The average Bonchev–Trinajstić information content (AvgIpc) is 2.69. The monoisotopic (exact) mass is 256 g/mol. The van der Waals surface area contributed by atoms with Crippen LogP contribution in [0.5, 0.6) is 0 Å². The van der Waals surface area contributed by atoms with Gasteiger partial charge in [0.25, 0.3) is 0 Å². The Morgan fingerprint density at radius 2 is 1.67 bits per heavy atom. The molecule has 0 radical (unpaired) electrons. The maximum atomic E-state index is 12.0. The van der Waals surface area contributed by atoms with Crippen LogP contribution in [0.15, 0.2) is 0 Å². The van der Waals surface area contributed by atoms with Crippen molar-refractivity contribution in [2.24, 2.45) is 11.8 Å². The topological polar surface area (TPSA) is 78.9 Å².